The highest BCUT2D eigenvalue weighted by atomic mass is 16.5. The normalized spacial score (nSPS) is 14.3. The second-order valence-electron chi connectivity index (χ2n) is 9.83. The number of benzene rings is 3. The molecule has 218 valence electrons. The molecular formula is C32H34N4O6. The van der Waals surface area contributed by atoms with Crippen LogP contribution in [0.3, 0.4) is 0 Å². The van der Waals surface area contributed by atoms with Crippen molar-refractivity contribution in [1.29, 1.82) is 0 Å². The number of anilines is 1. The number of hydrogen-bond donors (Lipinski definition) is 1. The molecule has 1 aliphatic heterocycles. The Kier molecular flexibility index (Phi) is 9.03. The lowest BCUT2D eigenvalue weighted by Gasteiger charge is -2.25. The van der Waals surface area contributed by atoms with Gasteiger partial charge in [-0.1, -0.05) is 36.4 Å². The first-order valence-corrected chi connectivity index (χ1v) is 13.7. The van der Waals surface area contributed by atoms with Gasteiger partial charge in [-0.05, 0) is 43.2 Å². The van der Waals surface area contributed by atoms with Gasteiger partial charge in [0.2, 0.25) is 11.9 Å². The maximum atomic E-state index is 13.6. The van der Waals surface area contributed by atoms with E-state index in [4.69, 9.17) is 23.9 Å². The van der Waals surface area contributed by atoms with Crippen molar-refractivity contribution >= 4 is 17.8 Å². The first-order valence-electron chi connectivity index (χ1n) is 13.7. The fourth-order valence-electron chi connectivity index (χ4n) is 4.92. The molecule has 5 rings (SSSR count). The van der Waals surface area contributed by atoms with Gasteiger partial charge >= 0.3 is 0 Å². The number of nitrogens with one attached hydrogen (secondary N) is 1. The first-order chi connectivity index (χ1) is 20.5. The van der Waals surface area contributed by atoms with Gasteiger partial charge in [-0.2, -0.15) is 0 Å². The molecule has 1 saturated heterocycles. The molecule has 1 aromatic heterocycles. The minimum Gasteiger partial charge on any atom is -0.497 e. The molecular weight excluding hydrogens is 536 g/mol. The Morgan fingerprint density at radius 1 is 0.976 bits per heavy atom. The molecule has 1 aliphatic rings. The number of imidazole rings is 1. The predicted octanol–water partition coefficient (Wildman–Crippen LogP) is 4.83. The zero-order valence-corrected chi connectivity index (χ0v) is 23.9. The summed E-state index contributed by atoms with van der Waals surface area (Å²) in [5.41, 5.74) is 2.70. The van der Waals surface area contributed by atoms with E-state index in [2.05, 4.69) is 5.32 Å². The van der Waals surface area contributed by atoms with Crippen molar-refractivity contribution in [2.75, 3.05) is 46.3 Å². The minimum atomic E-state index is -0.392. The molecule has 1 fully saturated rings. The molecule has 1 unspecified atom stereocenters. The maximum Gasteiger partial charge on any atom is 0.254 e. The molecule has 3 aromatic carbocycles. The van der Waals surface area contributed by atoms with Crippen LogP contribution in [0.4, 0.5) is 5.95 Å². The third-order valence-electron chi connectivity index (χ3n) is 7.06. The van der Waals surface area contributed by atoms with Gasteiger partial charge < -0.3 is 23.8 Å². The number of hydrogen-bond acceptors (Lipinski definition) is 7. The molecule has 0 saturated carbocycles. The summed E-state index contributed by atoms with van der Waals surface area (Å²) in [6.07, 6.45) is 3.46. The van der Waals surface area contributed by atoms with Gasteiger partial charge in [0.25, 0.3) is 5.91 Å². The Bertz CT molecular complexity index is 1530. The van der Waals surface area contributed by atoms with Crippen molar-refractivity contribution in [3.05, 3.63) is 84.6 Å². The van der Waals surface area contributed by atoms with Crippen LogP contribution in [0, 0.1) is 0 Å². The number of carbonyl (C=O) groups excluding carboxylic acids is 2. The van der Waals surface area contributed by atoms with Crippen molar-refractivity contribution < 1.29 is 28.5 Å². The molecule has 0 spiro atoms. The predicted molar refractivity (Wildman–Crippen MR) is 159 cm³/mol. The Labute approximate surface area is 244 Å². The van der Waals surface area contributed by atoms with Gasteiger partial charge in [0, 0.05) is 36.5 Å². The van der Waals surface area contributed by atoms with Crippen LogP contribution in [0.1, 0.15) is 23.2 Å². The molecule has 42 heavy (non-hydrogen) atoms. The fraction of sp³-hybridized carbons (Fsp3) is 0.281. The summed E-state index contributed by atoms with van der Waals surface area (Å²) in [5.74, 6) is 1.30. The van der Waals surface area contributed by atoms with Gasteiger partial charge in [0.05, 0.1) is 38.8 Å². The molecule has 10 heteroatoms. The molecule has 1 atom stereocenters. The zero-order valence-electron chi connectivity index (χ0n) is 23.9. The maximum absolute atomic E-state index is 13.6. The Morgan fingerprint density at radius 2 is 1.79 bits per heavy atom. The van der Waals surface area contributed by atoms with Crippen molar-refractivity contribution in [2.24, 2.45) is 0 Å². The molecule has 0 aliphatic carbocycles. The monoisotopic (exact) mass is 570 g/mol. The molecule has 4 aromatic rings. The van der Waals surface area contributed by atoms with Crippen LogP contribution in [0.25, 0.3) is 16.9 Å². The first kappa shape index (κ1) is 28.7. The largest absolute Gasteiger partial charge is 0.497 e. The van der Waals surface area contributed by atoms with Crippen LogP contribution in [-0.2, 0) is 9.53 Å². The van der Waals surface area contributed by atoms with Crippen molar-refractivity contribution in [3.63, 3.8) is 0 Å². The highest BCUT2D eigenvalue weighted by Crippen LogP contribution is 2.32. The summed E-state index contributed by atoms with van der Waals surface area (Å²) in [7, 11) is 4.68. The van der Waals surface area contributed by atoms with Crippen molar-refractivity contribution in [1.82, 2.24) is 14.5 Å². The lowest BCUT2D eigenvalue weighted by atomic mass is 10.1. The summed E-state index contributed by atoms with van der Waals surface area (Å²) in [6, 6.07) is 22.0. The Morgan fingerprint density at radius 3 is 2.50 bits per heavy atom. The summed E-state index contributed by atoms with van der Waals surface area (Å²) in [5, 5.41) is 2.93. The topological polar surface area (TPSA) is 104 Å². The van der Waals surface area contributed by atoms with Crippen LogP contribution in [0.15, 0.2) is 79.0 Å². The second kappa shape index (κ2) is 13.2. The second-order valence-corrected chi connectivity index (χ2v) is 9.83. The van der Waals surface area contributed by atoms with Gasteiger partial charge in [-0.25, -0.2) is 4.98 Å². The van der Waals surface area contributed by atoms with E-state index in [-0.39, 0.29) is 18.6 Å². The number of rotatable bonds is 11. The van der Waals surface area contributed by atoms with Crippen LogP contribution in [0.2, 0.25) is 0 Å². The number of methoxy groups -OCH3 is 3. The average molecular weight is 571 g/mol. The third-order valence-corrected chi connectivity index (χ3v) is 7.06. The number of carbonyl (C=O) groups is 2. The van der Waals surface area contributed by atoms with Crippen LogP contribution in [0.5, 0.6) is 17.2 Å². The number of aromatic nitrogens is 2. The number of nitrogens with zero attached hydrogens (tertiary/aromatic N) is 3. The van der Waals surface area contributed by atoms with E-state index in [0.29, 0.717) is 53.3 Å². The van der Waals surface area contributed by atoms with Crippen molar-refractivity contribution in [3.8, 4) is 34.2 Å². The van der Waals surface area contributed by atoms with Gasteiger partial charge in [-0.3, -0.25) is 19.5 Å². The van der Waals surface area contributed by atoms with Crippen LogP contribution >= 0.6 is 0 Å². The standard InChI is InChI=1S/C32H34N4O6/c1-39-25-12-7-11-23(17-25)31(38)35(19-26-13-8-16-42-26)21-30(37)34-32-33-27(22-9-5-4-6-10-22)20-36(32)24-14-15-28(40-2)29(18-24)41-3/h4-7,9-12,14-15,17-18,20,26H,8,13,16,19,21H2,1-3H3,(H,33,34,37). The van der Waals surface area contributed by atoms with E-state index in [0.717, 1.165) is 18.4 Å². The van der Waals surface area contributed by atoms with Gasteiger partial charge in [-0.15, -0.1) is 0 Å². The zero-order chi connectivity index (χ0) is 29.5. The van der Waals surface area contributed by atoms with E-state index in [1.165, 1.54) is 4.90 Å². The molecule has 0 radical (unpaired) electrons. The summed E-state index contributed by atoms with van der Waals surface area (Å²) >= 11 is 0. The third kappa shape index (κ3) is 6.55. The SMILES string of the molecule is COc1cccc(C(=O)N(CC(=O)Nc2nc(-c3ccccc3)cn2-c2ccc(OC)c(OC)c2)CC2CCCO2)c1. The van der Waals surface area contributed by atoms with E-state index in [1.54, 1.807) is 62.3 Å². The van der Waals surface area contributed by atoms with E-state index >= 15 is 0 Å². The highest BCUT2D eigenvalue weighted by Gasteiger charge is 2.26. The van der Waals surface area contributed by atoms with Crippen LogP contribution < -0.4 is 19.5 Å². The summed E-state index contributed by atoms with van der Waals surface area (Å²) in [4.78, 5) is 33.4. The Hall–Kier alpha value is -4.83. The van der Waals surface area contributed by atoms with E-state index in [1.807, 2.05) is 42.6 Å². The molecule has 10 nitrogen and oxygen atoms in total. The van der Waals surface area contributed by atoms with E-state index < -0.39 is 5.91 Å². The lowest BCUT2D eigenvalue weighted by Crippen LogP contribution is -2.42. The van der Waals surface area contributed by atoms with Gasteiger partial charge in [0.15, 0.2) is 11.5 Å². The summed E-state index contributed by atoms with van der Waals surface area (Å²) in [6.45, 7) is 0.751. The molecule has 2 heterocycles. The molecule has 0 bridgehead atoms. The highest BCUT2D eigenvalue weighted by molar-refractivity contribution is 5.99. The molecule has 2 amide bonds. The van der Waals surface area contributed by atoms with Crippen LogP contribution in [-0.4, -0.2) is 73.4 Å². The quantitative estimate of drug-likeness (QED) is 0.276. The Balaban J connectivity index is 1.44. The smallest absolute Gasteiger partial charge is 0.254 e. The average Bonchev–Trinajstić information content (AvgIpc) is 3.70. The summed E-state index contributed by atoms with van der Waals surface area (Å²) < 4.78 is 23.8. The lowest BCUT2D eigenvalue weighted by molar-refractivity contribution is -0.117. The number of amides is 2. The minimum absolute atomic E-state index is 0.134. The molecule has 1 N–H and O–H groups in total. The van der Waals surface area contributed by atoms with Crippen molar-refractivity contribution in [2.45, 2.75) is 18.9 Å². The van der Waals surface area contributed by atoms with E-state index in [9.17, 15) is 9.59 Å². The number of ether oxygens (including phenoxy) is 4. The van der Waals surface area contributed by atoms with Gasteiger partial charge in [0.1, 0.15) is 12.3 Å². The fourth-order valence-corrected chi connectivity index (χ4v) is 4.92.